The molecule has 0 aromatic rings. The summed E-state index contributed by atoms with van der Waals surface area (Å²) in [7, 11) is -2.49. The highest BCUT2D eigenvalue weighted by molar-refractivity contribution is 7.64. The van der Waals surface area contributed by atoms with Crippen LogP contribution in [0.15, 0.2) is 0 Å². The number of hydrogen-bond acceptors (Lipinski definition) is 2. The SMILES string of the molecule is CCCP(=O)(CCC)[C@H](N([O])C(C)(C)C)C(C)(C)C. The highest BCUT2D eigenvalue weighted by atomic mass is 31.2. The van der Waals surface area contributed by atoms with E-state index >= 15 is 0 Å². The van der Waals surface area contributed by atoms with E-state index in [1.165, 1.54) is 0 Å². The molecule has 1 radical (unpaired) electrons. The minimum Gasteiger partial charge on any atom is -0.322 e. The van der Waals surface area contributed by atoms with Gasteiger partial charge in [0.2, 0.25) is 0 Å². The van der Waals surface area contributed by atoms with Crippen molar-refractivity contribution in [3.05, 3.63) is 0 Å². The van der Waals surface area contributed by atoms with E-state index in [1.807, 2.05) is 55.4 Å². The molecule has 4 heteroatoms. The molecule has 19 heavy (non-hydrogen) atoms. The Morgan fingerprint density at radius 2 is 1.32 bits per heavy atom. The minimum absolute atomic E-state index is 0.269. The fourth-order valence-electron chi connectivity index (χ4n) is 2.73. The summed E-state index contributed by atoms with van der Waals surface area (Å²) in [4.78, 5) is 0. The van der Waals surface area contributed by atoms with Crippen molar-refractivity contribution < 1.29 is 9.77 Å². The third-order valence-corrected chi connectivity index (χ3v) is 7.59. The quantitative estimate of drug-likeness (QED) is 0.511. The maximum absolute atomic E-state index is 13.4. The molecule has 0 aliphatic heterocycles. The Morgan fingerprint density at radius 3 is 1.53 bits per heavy atom. The molecule has 0 saturated carbocycles. The molecule has 3 nitrogen and oxygen atoms in total. The Labute approximate surface area is 120 Å². The summed E-state index contributed by atoms with van der Waals surface area (Å²) in [6, 6.07) is 0. The lowest BCUT2D eigenvalue weighted by Gasteiger charge is -2.45. The summed E-state index contributed by atoms with van der Waals surface area (Å²) in [5.41, 5.74) is -0.774. The van der Waals surface area contributed by atoms with Crippen molar-refractivity contribution in [2.75, 3.05) is 12.3 Å². The van der Waals surface area contributed by atoms with Crippen LogP contribution in [0.5, 0.6) is 0 Å². The molecule has 0 bridgehead atoms. The van der Waals surface area contributed by atoms with E-state index < -0.39 is 12.7 Å². The smallest absolute Gasteiger partial charge is 0.107 e. The minimum atomic E-state index is -2.49. The van der Waals surface area contributed by atoms with Gasteiger partial charge in [-0.15, -0.1) is 10.3 Å². The van der Waals surface area contributed by atoms with Gasteiger partial charge in [0.25, 0.3) is 0 Å². The molecule has 0 spiro atoms. The second-order valence-corrected chi connectivity index (χ2v) is 10.9. The van der Waals surface area contributed by atoms with E-state index in [-0.39, 0.29) is 11.2 Å². The van der Waals surface area contributed by atoms with Crippen LogP contribution in [0.4, 0.5) is 0 Å². The van der Waals surface area contributed by atoms with Crippen LogP contribution in [0.1, 0.15) is 68.2 Å². The molecule has 0 saturated heterocycles. The van der Waals surface area contributed by atoms with Gasteiger partial charge in [0.1, 0.15) is 7.14 Å². The van der Waals surface area contributed by atoms with Gasteiger partial charge >= 0.3 is 0 Å². The van der Waals surface area contributed by atoms with Gasteiger partial charge < -0.3 is 4.57 Å². The standard InChI is InChI=1S/C15H33NO2P/c1-9-11-19(18,12-10-2)13(14(3,4)5)16(17)15(6,7)8/h13H,9-12H2,1-8H3/t13-/m0/s1. The van der Waals surface area contributed by atoms with Gasteiger partial charge in [-0.25, -0.2) is 0 Å². The van der Waals surface area contributed by atoms with E-state index in [9.17, 15) is 9.77 Å². The number of hydrogen-bond donors (Lipinski definition) is 0. The van der Waals surface area contributed by atoms with Crippen LogP contribution >= 0.6 is 7.14 Å². The first kappa shape index (κ1) is 19.1. The van der Waals surface area contributed by atoms with Gasteiger partial charge in [-0.3, -0.25) is 0 Å². The topological polar surface area (TPSA) is 40.2 Å². The summed E-state index contributed by atoms with van der Waals surface area (Å²) in [5, 5.41) is 13.9. The van der Waals surface area contributed by atoms with Crippen LogP contribution in [0.2, 0.25) is 0 Å². The van der Waals surface area contributed by atoms with Crippen LogP contribution in [-0.4, -0.2) is 28.7 Å². The predicted molar refractivity (Wildman–Crippen MR) is 83.4 cm³/mol. The Kier molecular flexibility index (Phi) is 6.79. The van der Waals surface area contributed by atoms with Gasteiger partial charge in [0, 0.05) is 17.9 Å². The number of rotatable bonds is 6. The first-order valence-corrected chi connectivity index (χ1v) is 9.59. The lowest BCUT2D eigenvalue weighted by Crippen LogP contribution is -2.51. The molecule has 0 heterocycles. The highest BCUT2D eigenvalue weighted by Crippen LogP contribution is 2.59. The van der Waals surface area contributed by atoms with Gasteiger partial charge in [-0.2, -0.15) is 0 Å². The van der Waals surface area contributed by atoms with E-state index in [1.54, 1.807) is 0 Å². The number of hydroxylamine groups is 2. The van der Waals surface area contributed by atoms with Crippen LogP contribution < -0.4 is 0 Å². The van der Waals surface area contributed by atoms with Gasteiger partial charge in [-0.05, 0) is 39.0 Å². The van der Waals surface area contributed by atoms with Crippen LogP contribution in [0.3, 0.4) is 0 Å². The van der Waals surface area contributed by atoms with Crippen LogP contribution in [0, 0.1) is 5.41 Å². The molecular weight excluding hydrogens is 257 g/mol. The predicted octanol–water partition coefficient (Wildman–Crippen LogP) is 4.99. The highest BCUT2D eigenvalue weighted by Gasteiger charge is 2.47. The Bertz CT molecular complexity index is 305. The molecule has 115 valence electrons. The van der Waals surface area contributed by atoms with Crippen molar-refractivity contribution in [2.24, 2.45) is 5.41 Å². The molecular formula is C15H33NO2P. The average molecular weight is 290 g/mol. The molecule has 1 atom stereocenters. The zero-order chi connectivity index (χ0) is 15.5. The lowest BCUT2D eigenvalue weighted by molar-refractivity contribution is -0.237. The third-order valence-electron chi connectivity index (χ3n) is 3.31. The summed E-state index contributed by atoms with van der Waals surface area (Å²) in [6.07, 6.45) is 3.11. The van der Waals surface area contributed by atoms with Gasteiger partial charge in [0.05, 0.1) is 5.78 Å². The summed E-state index contributed by atoms with van der Waals surface area (Å²) in [5.74, 6) is -0.389. The van der Waals surface area contributed by atoms with E-state index in [4.69, 9.17) is 0 Å². The largest absolute Gasteiger partial charge is 0.322 e. The lowest BCUT2D eigenvalue weighted by atomic mass is 9.94. The normalized spacial score (nSPS) is 15.9. The molecule has 0 aromatic carbocycles. The van der Waals surface area contributed by atoms with Crippen LogP contribution in [-0.2, 0) is 9.77 Å². The third kappa shape index (κ3) is 5.21. The molecule has 0 rings (SSSR count). The average Bonchev–Trinajstić information content (AvgIpc) is 2.13. The van der Waals surface area contributed by atoms with Crippen molar-refractivity contribution in [3.8, 4) is 0 Å². The molecule has 0 unspecified atom stereocenters. The second kappa shape index (κ2) is 6.74. The molecule has 0 aromatic heterocycles. The fourth-order valence-corrected chi connectivity index (χ4v) is 7.10. The van der Waals surface area contributed by atoms with Crippen molar-refractivity contribution in [3.63, 3.8) is 0 Å². The zero-order valence-electron chi connectivity index (χ0n) is 14.1. The Balaban J connectivity index is 5.64. The fraction of sp³-hybridized carbons (Fsp3) is 1.00. The van der Waals surface area contributed by atoms with Crippen LogP contribution in [0.25, 0.3) is 0 Å². The van der Waals surface area contributed by atoms with E-state index in [0.717, 1.165) is 17.9 Å². The van der Waals surface area contributed by atoms with E-state index in [2.05, 4.69) is 0 Å². The molecule has 0 N–H and O–H groups in total. The van der Waals surface area contributed by atoms with E-state index in [0.29, 0.717) is 12.3 Å². The van der Waals surface area contributed by atoms with Crippen molar-refractivity contribution in [2.45, 2.75) is 79.6 Å². The summed E-state index contributed by atoms with van der Waals surface area (Å²) in [6.45, 7) is 15.9. The molecule has 0 aliphatic rings. The zero-order valence-corrected chi connectivity index (χ0v) is 15.0. The maximum atomic E-state index is 13.4. The van der Waals surface area contributed by atoms with Crippen molar-refractivity contribution in [1.29, 1.82) is 0 Å². The van der Waals surface area contributed by atoms with Gasteiger partial charge in [-0.1, -0.05) is 34.6 Å². The Hall–Kier alpha value is 0.150. The first-order valence-electron chi connectivity index (χ1n) is 7.44. The Morgan fingerprint density at radius 1 is 0.947 bits per heavy atom. The second-order valence-electron chi connectivity index (χ2n) is 7.64. The molecule has 0 fully saturated rings. The monoisotopic (exact) mass is 290 g/mol. The summed E-state index contributed by atoms with van der Waals surface area (Å²) >= 11 is 0. The van der Waals surface area contributed by atoms with Crippen molar-refractivity contribution >= 4 is 7.14 Å². The van der Waals surface area contributed by atoms with Crippen molar-refractivity contribution in [1.82, 2.24) is 5.06 Å². The van der Waals surface area contributed by atoms with Gasteiger partial charge in [0.15, 0.2) is 0 Å². The molecule has 0 aliphatic carbocycles. The number of nitrogens with zero attached hydrogens (tertiary/aromatic N) is 1. The molecule has 0 amide bonds. The first-order chi connectivity index (χ1) is 8.40. The maximum Gasteiger partial charge on any atom is 0.107 e. The summed E-state index contributed by atoms with van der Waals surface area (Å²) < 4.78 is 13.4.